The lowest BCUT2D eigenvalue weighted by atomic mass is 9.82. The van der Waals surface area contributed by atoms with E-state index in [0.717, 1.165) is 77.9 Å². The number of fused-ring (bicyclic) bond motifs is 9. The normalized spacial score (nSPS) is 13.1. The number of para-hydroxylation sites is 2. The van der Waals surface area contributed by atoms with Crippen molar-refractivity contribution >= 4 is 43.6 Å². The first-order valence-corrected chi connectivity index (χ1v) is 20.2. The Hall–Kier alpha value is -7.63. The first kappa shape index (κ1) is 33.5. The fourth-order valence-electron chi connectivity index (χ4n) is 9.67. The number of benzene rings is 6. The van der Waals surface area contributed by atoms with E-state index in [2.05, 4.69) is 197 Å². The first-order valence-electron chi connectivity index (χ1n) is 20.2. The number of pyridine rings is 3. The molecule has 0 radical (unpaired) electrons. The molecule has 11 aromatic rings. The number of nitrogens with zero attached hydrogens (tertiary/aromatic N) is 5. The van der Waals surface area contributed by atoms with E-state index in [1.165, 1.54) is 33.0 Å². The molecular weight excluding hydrogens is 719 g/mol. The second-order valence-corrected chi connectivity index (χ2v) is 16.2. The topological polar surface area (TPSA) is 48.5 Å². The van der Waals surface area contributed by atoms with Crippen molar-refractivity contribution < 1.29 is 0 Å². The van der Waals surface area contributed by atoms with Gasteiger partial charge < -0.3 is 9.13 Å². The van der Waals surface area contributed by atoms with Crippen LogP contribution in [-0.2, 0) is 5.41 Å². The summed E-state index contributed by atoms with van der Waals surface area (Å²) in [5.74, 6) is 0. The van der Waals surface area contributed by atoms with Crippen molar-refractivity contribution in [3.05, 3.63) is 200 Å². The number of hydrogen-bond donors (Lipinski definition) is 0. The maximum atomic E-state index is 5.41. The fraction of sp³-hybridized carbons (Fsp3) is 0.0556. The zero-order chi connectivity index (χ0) is 39.2. The van der Waals surface area contributed by atoms with Gasteiger partial charge in [0.05, 0.1) is 33.5 Å². The van der Waals surface area contributed by atoms with Crippen molar-refractivity contribution in [3.63, 3.8) is 0 Å². The highest BCUT2D eigenvalue weighted by Crippen LogP contribution is 2.50. The Kier molecular flexibility index (Phi) is 7.20. The lowest BCUT2D eigenvalue weighted by Gasteiger charge is -2.22. The molecule has 6 aromatic carbocycles. The van der Waals surface area contributed by atoms with Gasteiger partial charge in [0.2, 0.25) is 0 Å². The minimum Gasteiger partial charge on any atom is -0.309 e. The molecule has 1 aliphatic carbocycles. The van der Waals surface area contributed by atoms with Crippen LogP contribution < -0.4 is 0 Å². The zero-order valence-corrected chi connectivity index (χ0v) is 32.6. The van der Waals surface area contributed by atoms with Gasteiger partial charge in [0, 0.05) is 74.2 Å². The Morgan fingerprint density at radius 1 is 0.390 bits per heavy atom. The van der Waals surface area contributed by atoms with Gasteiger partial charge in [0.1, 0.15) is 0 Å². The largest absolute Gasteiger partial charge is 0.309 e. The summed E-state index contributed by atoms with van der Waals surface area (Å²) in [7, 11) is 0. The highest BCUT2D eigenvalue weighted by atomic mass is 15.0. The van der Waals surface area contributed by atoms with Gasteiger partial charge in [0.15, 0.2) is 0 Å². The molecule has 278 valence electrons. The second kappa shape index (κ2) is 12.7. The maximum Gasteiger partial charge on any atom is 0.0715 e. The smallest absolute Gasteiger partial charge is 0.0715 e. The van der Waals surface area contributed by atoms with Gasteiger partial charge in [-0.2, -0.15) is 0 Å². The molecule has 0 amide bonds. The molecule has 5 heteroatoms. The summed E-state index contributed by atoms with van der Waals surface area (Å²) in [6.45, 7) is 4.67. The van der Waals surface area contributed by atoms with Crippen LogP contribution >= 0.6 is 0 Å². The average Bonchev–Trinajstić information content (AvgIpc) is 3.89. The first-order chi connectivity index (χ1) is 29.0. The minimum atomic E-state index is -0.124. The van der Waals surface area contributed by atoms with Crippen molar-refractivity contribution in [1.29, 1.82) is 0 Å². The lowest BCUT2D eigenvalue weighted by Crippen LogP contribution is -2.14. The van der Waals surface area contributed by atoms with E-state index in [-0.39, 0.29) is 5.41 Å². The predicted octanol–water partition coefficient (Wildman–Crippen LogP) is 13.4. The molecule has 12 rings (SSSR count). The van der Waals surface area contributed by atoms with Gasteiger partial charge in [-0.25, -0.2) is 4.98 Å². The van der Waals surface area contributed by atoms with Crippen LogP contribution in [0.1, 0.15) is 25.0 Å². The summed E-state index contributed by atoms with van der Waals surface area (Å²) in [5.41, 5.74) is 18.0. The number of hydrogen-bond acceptors (Lipinski definition) is 3. The molecule has 0 fully saturated rings. The molecule has 0 N–H and O–H groups in total. The Morgan fingerprint density at radius 2 is 0.915 bits per heavy atom. The molecule has 5 heterocycles. The van der Waals surface area contributed by atoms with Crippen LogP contribution in [0.3, 0.4) is 0 Å². The maximum absolute atomic E-state index is 5.41. The molecule has 0 aliphatic heterocycles. The summed E-state index contributed by atoms with van der Waals surface area (Å²) in [5, 5.41) is 4.59. The van der Waals surface area contributed by atoms with E-state index in [0.29, 0.717) is 0 Å². The molecule has 5 nitrogen and oxygen atoms in total. The molecule has 0 unspecified atom stereocenters. The summed E-state index contributed by atoms with van der Waals surface area (Å²) in [6.07, 6.45) is 7.74. The van der Waals surface area contributed by atoms with Crippen LogP contribution in [0.4, 0.5) is 0 Å². The van der Waals surface area contributed by atoms with E-state index in [1.807, 2.05) is 24.8 Å². The predicted molar refractivity (Wildman–Crippen MR) is 242 cm³/mol. The van der Waals surface area contributed by atoms with Crippen LogP contribution in [0.15, 0.2) is 189 Å². The molecule has 5 aromatic heterocycles. The number of aromatic nitrogens is 5. The third kappa shape index (κ3) is 5.08. The van der Waals surface area contributed by atoms with E-state index >= 15 is 0 Å². The quantitative estimate of drug-likeness (QED) is 0.176. The summed E-state index contributed by atoms with van der Waals surface area (Å²) in [6, 6.07) is 59.3. The Labute approximate surface area is 341 Å². The molecule has 0 saturated heterocycles. The minimum absolute atomic E-state index is 0.124. The van der Waals surface area contributed by atoms with E-state index < -0.39 is 0 Å². The van der Waals surface area contributed by atoms with E-state index in [9.17, 15) is 0 Å². The molecule has 1 aliphatic rings. The molecule has 0 bridgehead atoms. The van der Waals surface area contributed by atoms with Gasteiger partial charge in [-0.05, 0) is 94.0 Å². The molecule has 59 heavy (non-hydrogen) atoms. The van der Waals surface area contributed by atoms with Crippen molar-refractivity contribution in [2.24, 2.45) is 0 Å². The van der Waals surface area contributed by atoms with Crippen LogP contribution in [0.25, 0.3) is 99.8 Å². The third-order valence-electron chi connectivity index (χ3n) is 12.5. The Morgan fingerprint density at radius 3 is 1.58 bits per heavy atom. The van der Waals surface area contributed by atoms with Crippen molar-refractivity contribution in [3.8, 4) is 56.1 Å². The average molecular weight is 756 g/mol. The molecular formula is C54H37N5. The highest BCUT2D eigenvalue weighted by molar-refractivity contribution is 6.10. The monoisotopic (exact) mass is 755 g/mol. The van der Waals surface area contributed by atoms with Gasteiger partial charge in [0.25, 0.3) is 0 Å². The second-order valence-electron chi connectivity index (χ2n) is 16.2. The summed E-state index contributed by atoms with van der Waals surface area (Å²) >= 11 is 0. The molecule has 0 saturated carbocycles. The Bertz CT molecular complexity index is 3240. The molecule has 0 spiro atoms. The van der Waals surface area contributed by atoms with Gasteiger partial charge in [-0.1, -0.05) is 117 Å². The lowest BCUT2D eigenvalue weighted by molar-refractivity contribution is 0.660. The van der Waals surface area contributed by atoms with Gasteiger partial charge in [-0.3, -0.25) is 9.97 Å². The zero-order valence-electron chi connectivity index (χ0n) is 32.6. The highest BCUT2D eigenvalue weighted by Gasteiger charge is 2.35. The molecule has 0 atom stereocenters. The van der Waals surface area contributed by atoms with Crippen LogP contribution in [0.5, 0.6) is 0 Å². The summed E-state index contributed by atoms with van der Waals surface area (Å²) in [4.78, 5) is 14.5. The SMILES string of the molecule is CC1(C)c2ccccc2-c2ccc(-c3cc(-c4cc(-n5c6ccccc6c6cnccc65)cc(-n5c6ccccc6c6cnccc65)c4)cc(-c4ccccc4)n3)cc21. The van der Waals surface area contributed by atoms with Crippen molar-refractivity contribution in [1.82, 2.24) is 24.1 Å². The van der Waals surface area contributed by atoms with Crippen molar-refractivity contribution in [2.45, 2.75) is 19.3 Å². The van der Waals surface area contributed by atoms with Crippen molar-refractivity contribution in [2.75, 3.05) is 0 Å². The van der Waals surface area contributed by atoms with Gasteiger partial charge >= 0.3 is 0 Å². The Balaban J connectivity index is 1.14. The van der Waals surface area contributed by atoms with Crippen LogP contribution in [0.2, 0.25) is 0 Å². The summed E-state index contributed by atoms with van der Waals surface area (Å²) < 4.78 is 4.77. The van der Waals surface area contributed by atoms with E-state index in [1.54, 1.807) is 0 Å². The van der Waals surface area contributed by atoms with Crippen LogP contribution in [0, 0.1) is 0 Å². The third-order valence-corrected chi connectivity index (χ3v) is 12.5. The van der Waals surface area contributed by atoms with Gasteiger partial charge in [-0.15, -0.1) is 0 Å². The van der Waals surface area contributed by atoms with E-state index in [4.69, 9.17) is 4.98 Å². The standard InChI is InChI=1S/C54H37N5/c1-54(2)46-17-9-6-14-40(46)41-21-20-35(28-47(41)54)49-30-37(29-48(57-49)34-12-4-3-5-13-34)36-26-38(58-50-18-10-7-15-42(50)44-32-55-24-22-52(44)58)31-39(27-36)59-51-19-11-8-16-43(51)45-33-56-25-23-53(45)59/h3-33H,1-2H3. The fourth-order valence-corrected chi connectivity index (χ4v) is 9.67. The van der Waals surface area contributed by atoms with Crippen LogP contribution in [-0.4, -0.2) is 24.1 Å². The number of rotatable bonds is 5.